The predicted molar refractivity (Wildman–Crippen MR) is 67.6 cm³/mol. The van der Waals surface area contributed by atoms with Crippen molar-refractivity contribution in [3.8, 4) is 5.75 Å². The van der Waals surface area contributed by atoms with Gasteiger partial charge in [-0.2, -0.15) is 0 Å². The van der Waals surface area contributed by atoms with Crippen molar-refractivity contribution in [2.24, 2.45) is 0 Å². The van der Waals surface area contributed by atoms with Gasteiger partial charge in [0.05, 0.1) is 11.1 Å². The first-order valence-corrected chi connectivity index (χ1v) is 5.85. The highest BCUT2D eigenvalue weighted by molar-refractivity contribution is 6.28. The lowest BCUT2D eigenvalue weighted by Crippen LogP contribution is -2.22. The second-order valence-corrected chi connectivity index (χ2v) is 4.42. The van der Waals surface area contributed by atoms with E-state index in [1.807, 2.05) is 13.8 Å². The van der Waals surface area contributed by atoms with Gasteiger partial charge < -0.3 is 10.1 Å². The van der Waals surface area contributed by atoms with Crippen LogP contribution in [0.5, 0.6) is 5.75 Å². The lowest BCUT2D eigenvalue weighted by Gasteiger charge is -2.06. The summed E-state index contributed by atoms with van der Waals surface area (Å²) in [4.78, 5) is 24.1. The van der Waals surface area contributed by atoms with Crippen LogP contribution in [0.15, 0.2) is 36.0 Å². The Labute approximate surface area is 106 Å². The molecule has 4 nitrogen and oxygen atoms in total. The molecule has 1 aromatic rings. The lowest BCUT2D eigenvalue weighted by atomic mass is 10.0. The molecule has 4 heteroatoms. The van der Waals surface area contributed by atoms with Crippen molar-refractivity contribution in [2.75, 3.05) is 6.61 Å². The SMILES string of the molecule is CC(C)N/C=C1/C(=O)COc2ccccc2C1=O. The molecule has 0 aromatic heterocycles. The van der Waals surface area contributed by atoms with Crippen LogP contribution in [0, 0.1) is 0 Å². The van der Waals surface area contributed by atoms with Crippen molar-refractivity contribution in [1.29, 1.82) is 0 Å². The molecule has 0 fully saturated rings. The van der Waals surface area contributed by atoms with Gasteiger partial charge in [-0.15, -0.1) is 0 Å². The Kier molecular flexibility index (Phi) is 3.46. The molecule has 1 aromatic carbocycles. The summed E-state index contributed by atoms with van der Waals surface area (Å²) in [5, 5.41) is 2.98. The van der Waals surface area contributed by atoms with Crippen molar-refractivity contribution in [1.82, 2.24) is 5.32 Å². The van der Waals surface area contributed by atoms with Crippen molar-refractivity contribution >= 4 is 11.6 Å². The van der Waals surface area contributed by atoms with Crippen LogP contribution < -0.4 is 10.1 Å². The number of rotatable bonds is 2. The quantitative estimate of drug-likeness (QED) is 0.636. The number of carbonyl (C=O) groups excluding carboxylic acids is 2. The molecule has 0 spiro atoms. The maximum atomic E-state index is 12.3. The minimum Gasteiger partial charge on any atom is -0.485 e. The van der Waals surface area contributed by atoms with Crippen LogP contribution >= 0.6 is 0 Å². The molecular weight excluding hydrogens is 230 g/mol. The summed E-state index contributed by atoms with van der Waals surface area (Å²) in [5.74, 6) is -0.130. The maximum Gasteiger partial charge on any atom is 0.205 e. The largest absolute Gasteiger partial charge is 0.485 e. The van der Waals surface area contributed by atoms with Crippen molar-refractivity contribution in [2.45, 2.75) is 19.9 Å². The molecule has 0 saturated carbocycles. The van der Waals surface area contributed by atoms with E-state index < -0.39 is 0 Å². The number of fused-ring (bicyclic) bond motifs is 1. The third kappa shape index (κ3) is 2.42. The second-order valence-electron chi connectivity index (χ2n) is 4.42. The van der Waals surface area contributed by atoms with Gasteiger partial charge in [0, 0.05) is 12.2 Å². The van der Waals surface area contributed by atoms with Gasteiger partial charge >= 0.3 is 0 Å². The molecule has 0 atom stereocenters. The van der Waals surface area contributed by atoms with Crippen LogP contribution in [-0.4, -0.2) is 24.2 Å². The topological polar surface area (TPSA) is 55.4 Å². The summed E-state index contributed by atoms with van der Waals surface area (Å²) >= 11 is 0. The number of ketones is 2. The van der Waals surface area contributed by atoms with Crippen molar-refractivity contribution < 1.29 is 14.3 Å². The molecule has 18 heavy (non-hydrogen) atoms. The molecule has 94 valence electrons. The number of benzene rings is 1. The molecule has 1 N–H and O–H groups in total. The van der Waals surface area contributed by atoms with E-state index in [-0.39, 0.29) is 29.8 Å². The molecular formula is C14H15NO3. The van der Waals surface area contributed by atoms with Crippen LogP contribution in [0.3, 0.4) is 0 Å². The molecule has 0 radical (unpaired) electrons. The number of hydrogen-bond acceptors (Lipinski definition) is 4. The Bertz CT molecular complexity index is 518. The van der Waals surface area contributed by atoms with Crippen LogP contribution in [-0.2, 0) is 4.79 Å². The van der Waals surface area contributed by atoms with Gasteiger partial charge in [0.15, 0.2) is 6.61 Å². The zero-order valence-corrected chi connectivity index (χ0v) is 10.4. The van der Waals surface area contributed by atoms with Gasteiger partial charge in [0.1, 0.15) is 5.75 Å². The first-order valence-electron chi connectivity index (χ1n) is 5.85. The third-order valence-electron chi connectivity index (χ3n) is 2.60. The van der Waals surface area contributed by atoms with Crippen LogP contribution in [0.25, 0.3) is 0 Å². The van der Waals surface area contributed by atoms with E-state index in [1.165, 1.54) is 6.20 Å². The van der Waals surface area contributed by atoms with Gasteiger partial charge in [-0.25, -0.2) is 0 Å². The number of ether oxygens (including phenoxy) is 1. The van der Waals surface area contributed by atoms with E-state index >= 15 is 0 Å². The van der Waals surface area contributed by atoms with Crippen LogP contribution in [0.2, 0.25) is 0 Å². The average molecular weight is 245 g/mol. The van der Waals surface area contributed by atoms with E-state index in [2.05, 4.69) is 5.32 Å². The normalized spacial score (nSPS) is 17.4. The number of nitrogens with one attached hydrogen (secondary N) is 1. The standard InChI is InChI=1S/C14H15NO3/c1-9(2)15-7-11-12(16)8-18-13-6-4-3-5-10(13)14(11)17/h3-7,9,15H,8H2,1-2H3/b11-7-. The molecule has 0 saturated heterocycles. The Morgan fingerprint density at radius 2 is 2.00 bits per heavy atom. The summed E-state index contributed by atoms with van der Waals surface area (Å²) in [6.07, 6.45) is 1.49. The van der Waals surface area contributed by atoms with Gasteiger partial charge in [-0.1, -0.05) is 12.1 Å². The summed E-state index contributed by atoms with van der Waals surface area (Å²) in [5.41, 5.74) is 0.578. The molecule has 0 aliphatic carbocycles. The minimum atomic E-state index is -0.302. The van der Waals surface area contributed by atoms with Gasteiger partial charge in [-0.05, 0) is 26.0 Å². The van der Waals surface area contributed by atoms with E-state index in [0.29, 0.717) is 11.3 Å². The Balaban J connectivity index is 2.40. The minimum absolute atomic E-state index is 0.103. The number of hydrogen-bond donors (Lipinski definition) is 1. The highest BCUT2D eigenvalue weighted by Gasteiger charge is 2.26. The summed E-state index contributed by atoms with van der Waals surface area (Å²) in [6, 6.07) is 7.05. The fourth-order valence-corrected chi connectivity index (χ4v) is 1.67. The number of carbonyl (C=O) groups is 2. The second kappa shape index (κ2) is 5.04. The van der Waals surface area contributed by atoms with Gasteiger partial charge in [0.25, 0.3) is 0 Å². The van der Waals surface area contributed by atoms with Gasteiger partial charge in [-0.3, -0.25) is 9.59 Å². The molecule has 1 heterocycles. The lowest BCUT2D eigenvalue weighted by molar-refractivity contribution is -0.117. The Hall–Kier alpha value is -2.10. The maximum absolute atomic E-state index is 12.3. The average Bonchev–Trinajstić information content (AvgIpc) is 2.46. The molecule has 1 aliphatic heterocycles. The Morgan fingerprint density at radius 3 is 2.72 bits per heavy atom. The first kappa shape index (κ1) is 12.4. The zero-order valence-electron chi connectivity index (χ0n) is 10.4. The monoisotopic (exact) mass is 245 g/mol. The fraction of sp³-hybridized carbons (Fsp3) is 0.286. The highest BCUT2D eigenvalue weighted by Crippen LogP contribution is 2.24. The first-order chi connectivity index (χ1) is 8.59. The predicted octanol–water partition coefficient (Wildman–Crippen LogP) is 1.71. The summed E-state index contributed by atoms with van der Waals surface area (Å²) in [7, 11) is 0. The molecule has 0 amide bonds. The Morgan fingerprint density at radius 1 is 1.28 bits per heavy atom. The number of para-hydroxylation sites is 1. The number of Topliss-reactive ketones (excluding diaryl/α,β-unsaturated/α-hetero) is 2. The highest BCUT2D eigenvalue weighted by atomic mass is 16.5. The summed E-state index contributed by atoms with van der Waals surface area (Å²) < 4.78 is 5.33. The molecule has 1 aliphatic rings. The van der Waals surface area contributed by atoms with E-state index in [0.717, 1.165) is 0 Å². The molecule has 0 unspecified atom stereocenters. The molecule has 0 bridgehead atoms. The summed E-state index contributed by atoms with van der Waals surface area (Å²) in [6.45, 7) is 3.77. The van der Waals surface area contributed by atoms with E-state index in [9.17, 15) is 9.59 Å². The van der Waals surface area contributed by atoms with Crippen LogP contribution in [0.4, 0.5) is 0 Å². The van der Waals surface area contributed by atoms with Crippen LogP contribution in [0.1, 0.15) is 24.2 Å². The van der Waals surface area contributed by atoms with E-state index in [1.54, 1.807) is 24.3 Å². The fourth-order valence-electron chi connectivity index (χ4n) is 1.67. The third-order valence-corrected chi connectivity index (χ3v) is 2.60. The van der Waals surface area contributed by atoms with Crippen molar-refractivity contribution in [3.63, 3.8) is 0 Å². The van der Waals surface area contributed by atoms with Crippen molar-refractivity contribution in [3.05, 3.63) is 41.6 Å². The molecule has 2 rings (SSSR count). The van der Waals surface area contributed by atoms with E-state index in [4.69, 9.17) is 4.74 Å². The smallest absolute Gasteiger partial charge is 0.205 e. The zero-order chi connectivity index (χ0) is 13.1. The van der Waals surface area contributed by atoms with Gasteiger partial charge in [0.2, 0.25) is 11.6 Å².